The molecule has 0 unspecified atom stereocenters. The number of rotatable bonds is 5. The second-order valence-electron chi connectivity index (χ2n) is 12.4. The van der Waals surface area contributed by atoms with Gasteiger partial charge in [-0.3, -0.25) is 4.79 Å². The van der Waals surface area contributed by atoms with Gasteiger partial charge in [0.15, 0.2) is 0 Å². The lowest BCUT2D eigenvalue weighted by molar-refractivity contribution is -0.142. The Morgan fingerprint density at radius 2 is 1.64 bits per heavy atom. The van der Waals surface area contributed by atoms with Gasteiger partial charge in [-0.15, -0.1) is 0 Å². The molecule has 0 aromatic heterocycles. The maximum absolute atomic E-state index is 12.4. The average Bonchev–Trinajstić information content (AvgIpc) is 2.98. The molecule has 0 aromatic rings. The van der Waals surface area contributed by atoms with E-state index >= 15 is 0 Å². The standard InChI is InChI=1S/C27H46O/c1-18(2)7-6-8-19(3)23-13-14-24-22-12-10-20-9-11-21(28)17-27(20,5)25(22)15-16-26(23,24)4/h18-20,22-25H,6-17H2,1-5H3/t19-,20-,22+,23+,24-,25-,26-,27+/m1/s1. The molecule has 28 heavy (non-hydrogen) atoms. The van der Waals surface area contributed by atoms with Crippen molar-refractivity contribution in [3.63, 3.8) is 0 Å². The summed E-state index contributed by atoms with van der Waals surface area (Å²) in [5, 5.41) is 0. The van der Waals surface area contributed by atoms with Gasteiger partial charge in [0.1, 0.15) is 5.78 Å². The van der Waals surface area contributed by atoms with E-state index in [1.165, 1.54) is 64.2 Å². The summed E-state index contributed by atoms with van der Waals surface area (Å²) in [6, 6.07) is 0. The Kier molecular flexibility index (Phi) is 5.78. The zero-order chi connectivity index (χ0) is 20.1. The Labute approximate surface area is 174 Å². The number of hydrogen-bond acceptors (Lipinski definition) is 1. The third kappa shape index (κ3) is 3.41. The molecule has 0 radical (unpaired) electrons. The third-order valence-electron chi connectivity index (χ3n) is 10.6. The van der Waals surface area contributed by atoms with E-state index in [2.05, 4.69) is 34.6 Å². The van der Waals surface area contributed by atoms with Crippen LogP contribution in [0.5, 0.6) is 0 Å². The van der Waals surface area contributed by atoms with Crippen molar-refractivity contribution in [1.82, 2.24) is 0 Å². The van der Waals surface area contributed by atoms with Gasteiger partial charge in [0.2, 0.25) is 0 Å². The van der Waals surface area contributed by atoms with Crippen LogP contribution in [-0.4, -0.2) is 5.78 Å². The number of ketones is 1. The van der Waals surface area contributed by atoms with Gasteiger partial charge in [-0.1, -0.05) is 53.9 Å². The molecular weight excluding hydrogens is 340 g/mol. The number of carbonyl (C=O) groups is 1. The van der Waals surface area contributed by atoms with Crippen molar-refractivity contribution in [3.05, 3.63) is 0 Å². The van der Waals surface area contributed by atoms with Crippen molar-refractivity contribution in [3.8, 4) is 0 Å². The van der Waals surface area contributed by atoms with Gasteiger partial charge in [-0.2, -0.15) is 0 Å². The molecule has 4 aliphatic carbocycles. The topological polar surface area (TPSA) is 17.1 Å². The van der Waals surface area contributed by atoms with E-state index < -0.39 is 0 Å². The lowest BCUT2D eigenvalue weighted by Gasteiger charge is -2.60. The summed E-state index contributed by atoms with van der Waals surface area (Å²) in [5.41, 5.74) is 0.917. The van der Waals surface area contributed by atoms with Crippen LogP contribution in [0, 0.1) is 52.3 Å². The van der Waals surface area contributed by atoms with Crippen LogP contribution in [0.4, 0.5) is 0 Å². The molecule has 1 nitrogen and oxygen atoms in total. The molecule has 4 fully saturated rings. The molecule has 1 heteroatoms. The van der Waals surface area contributed by atoms with Gasteiger partial charge in [-0.25, -0.2) is 0 Å². The molecule has 4 rings (SSSR count). The Hall–Kier alpha value is -0.330. The highest BCUT2D eigenvalue weighted by molar-refractivity contribution is 5.80. The van der Waals surface area contributed by atoms with Gasteiger partial charge < -0.3 is 0 Å². The SMILES string of the molecule is CC(C)CCC[C@@H](C)[C@@H]1CC[C@@H]2[C@@H]3CC[C@H]4CCC(=O)C[C@]4(C)[C@@H]3CC[C@@]21C. The monoisotopic (exact) mass is 386 g/mol. The van der Waals surface area contributed by atoms with Crippen molar-refractivity contribution in [1.29, 1.82) is 0 Å². The Balaban J connectivity index is 1.48. The molecule has 0 heterocycles. The Morgan fingerprint density at radius 3 is 2.39 bits per heavy atom. The summed E-state index contributed by atoms with van der Waals surface area (Å²) in [6.45, 7) is 12.5. The number of Topliss-reactive ketones (excluding diaryl/α,β-unsaturated/α-hetero) is 1. The average molecular weight is 387 g/mol. The first-order chi connectivity index (χ1) is 13.3. The highest BCUT2D eigenvalue weighted by Crippen LogP contribution is 2.68. The van der Waals surface area contributed by atoms with Crippen LogP contribution < -0.4 is 0 Å². The quantitative estimate of drug-likeness (QED) is 0.473. The summed E-state index contributed by atoms with van der Waals surface area (Å²) < 4.78 is 0. The van der Waals surface area contributed by atoms with Crippen LogP contribution >= 0.6 is 0 Å². The minimum absolute atomic E-state index is 0.334. The fourth-order valence-electron chi connectivity index (χ4n) is 9.16. The zero-order valence-electron chi connectivity index (χ0n) is 19.4. The second-order valence-corrected chi connectivity index (χ2v) is 12.4. The summed E-state index contributed by atoms with van der Waals surface area (Å²) >= 11 is 0. The Bertz CT molecular complexity index is 579. The van der Waals surface area contributed by atoms with Crippen LogP contribution in [0.2, 0.25) is 0 Å². The molecule has 0 N–H and O–H groups in total. The van der Waals surface area contributed by atoms with E-state index in [-0.39, 0.29) is 0 Å². The minimum Gasteiger partial charge on any atom is -0.300 e. The van der Waals surface area contributed by atoms with Crippen molar-refractivity contribution in [2.24, 2.45) is 52.3 Å². The molecule has 0 bridgehead atoms. The number of hydrogen-bond donors (Lipinski definition) is 0. The van der Waals surface area contributed by atoms with E-state index in [1.54, 1.807) is 0 Å². The summed E-state index contributed by atoms with van der Waals surface area (Å²) in [6.07, 6.45) is 15.9. The van der Waals surface area contributed by atoms with Gasteiger partial charge in [0.05, 0.1) is 0 Å². The predicted molar refractivity (Wildman–Crippen MR) is 118 cm³/mol. The first-order valence-corrected chi connectivity index (χ1v) is 12.8. The molecule has 0 saturated heterocycles. The molecular formula is C27H46O. The lowest BCUT2D eigenvalue weighted by Crippen LogP contribution is -2.54. The fraction of sp³-hybridized carbons (Fsp3) is 0.963. The predicted octanol–water partition coefficient (Wildman–Crippen LogP) is 7.68. The van der Waals surface area contributed by atoms with Gasteiger partial charge >= 0.3 is 0 Å². The van der Waals surface area contributed by atoms with Gasteiger partial charge in [0, 0.05) is 12.8 Å². The number of carbonyl (C=O) groups excluding carboxylic acids is 1. The molecule has 4 aliphatic rings. The number of fused-ring (bicyclic) bond motifs is 5. The van der Waals surface area contributed by atoms with E-state index in [4.69, 9.17) is 0 Å². The molecule has 8 atom stereocenters. The van der Waals surface area contributed by atoms with Crippen molar-refractivity contribution in [2.45, 2.75) is 112 Å². The van der Waals surface area contributed by atoms with Gasteiger partial charge in [-0.05, 0) is 97.2 Å². The summed E-state index contributed by atoms with van der Waals surface area (Å²) in [4.78, 5) is 12.4. The lowest BCUT2D eigenvalue weighted by atomic mass is 9.44. The highest BCUT2D eigenvalue weighted by Gasteiger charge is 2.60. The molecule has 0 amide bonds. The molecule has 160 valence electrons. The van der Waals surface area contributed by atoms with E-state index in [1.807, 2.05) is 0 Å². The van der Waals surface area contributed by atoms with Crippen LogP contribution in [0.3, 0.4) is 0 Å². The second kappa shape index (κ2) is 7.73. The van der Waals surface area contributed by atoms with E-state index in [0.29, 0.717) is 16.6 Å². The molecule has 0 aromatic carbocycles. The molecule has 0 aliphatic heterocycles. The van der Waals surface area contributed by atoms with Crippen molar-refractivity contribution < 1.29 is 4.79 Å². The van der Waals surface area contributed by atoms with E-state index in [9.17, 15) is 4.79 Å². The first kappa shape index (κ1) is 20.9. The van der Waals surface area contributed by atoms with Crippen LogP contribution in [0.25, 0.3) is 0 Å². The summed E-state index contributed by atoms with van der Waals surface area (Å²) in [7, 11) is 0. The largest absolute Gasteiger partial charge is 0.300 e. The minimum atomic E-state index is 0.334. The maximum Gasteiger partial charge on any atom is 0.133 e. The smallest absolute Gasteiger partial charge is 0.133 e. The van der Waals surface area contributed by atoms with Crippen LogP contribution in [-0.2, 0) is 4.79 Å². The molecule has 0 spiro atoms. The zero-order valence-corrected chi connectivity index (χ0v) is 19.4. The van der Waals surface area contributed by atoms with E-state index in [0.717, 1.165) is 54.3 Å². The van der Waals surface area contributed by atoms with Crippen LogP contribution in [0.1, 0.15) is 112 Å². The highest BCUT2D eigenvalue weighted by atomic mass is 16.1. The summed E-state index contributed by atoms with van der Waals surface area (Å²) in [5.74, 6) is 6.79. The van der Waals surface area contributed by atoms with Crippen molar-refractivity contribution >= 4 is 5.78 Å². The maximum atomic E-state index is 12.4. The van der Waals surface area contributed by atoms with Gasteiger partial charge in [0.25, 0.3) is 0 Å². The first-order valence-electron chi connectivity index (χ1n) is 12.8. The Morgan fingerprint density at radius 1 is 0.893 bits per heavy atom. The van der Waals surface area contributed by atoms with Crippen molar-refractivity contribution in [2.75, 3.05) is 0 Å². The third-order valence-corrected chi connectivity index (χ3v) is 10.6. The molecule has 4 saturated carbocycles. The normalized spacial score (nSPS) is 46.8. The van der Waals surface area contributed by atoms with Crippen LogP contribution in [0.15, 0.2) is 0 Å². The fourth-order valence-corrected chi connectivity index (χ4v) is 9.16.